The first-order chi connectivity index (χ1) is 11.7. The zero-order valence-electron chi connectivity index (χ0n) is 15.6. The number of carbonyl (C=O) groups is 1. The van der Waals surface area contributed by atoms with Crippen molar-refractivity contribution in [3.8, 4) is 0 Å². The first kappa shape index (κ1) is 18.5. The SMILES string of the molecule is C[C@@H](NC1CC2CCC(C1)N2C(=O)OC(C)(C)C)c1cccc(Cl)c1. The van der Waals surface area contributed by atoms with Crippen LogP contribution < -0.4 is 5.32 Å². The molecule has 2 bridgehead atoms. The Labute approximate surface area is 155 Å². The molecule has 25 heavy (non-hydrogen) atoms. The van der Waals surface area contributed by atoms with Gasteiger partial charge in [-0.1, -0.05) is 23.7 Å². The van der Waals surface area contributed by atoms with Crippen LogP contribution in [0.5, 0.6) is 0 Å². The van der Waals surface area contributed by atoms with E-state index in [0.717, 1.165) is 30.7 Å². The number of amides is 1. The molecular formula is C20H29ClN2O2. The minimum atomic E-state index is -0.438. The van der Waals surface area contributed by atoms with Crippen LogP contribution in [-0.2, 0) is 4.74 Å². The number of hydrogen-bond donors (Lipinski definition) is 1. The summed E-state index contributed by atoms with van der Waals surface area (Å²) in [6.07, 6.45) is 3.98. The van der Waals surface area contributed by atoms with E-state index in [1.807, 2.05) is 43.9 Å². The van der Waals surface area contributed by atoms with Gasteiger partial charge in [-0.25, -0.2) is 4.79 Å². The lowest BCUT2D eigenvalue weighted by atomic mass is 9.96. The highest BCUT2D eigenvalue weighted by Crippen LogP contribution is 2.37. The maximum atomic E-state index is 12.5. The second kappa shape index (κ2) is 7.16. The summed E-state index contributed by atoms with van der Waals surface area (Å²) >= 11 is 6.11. The quantitative estimate of drug-likeness (QED) is 0.827. The van der Waals surface area contributed by atoms with E-state index in [2.05, 4.69) is 18.3 Å². The number of piperidine rings is 1. The third-order valence-corrected chi connectivity index (χ3v) is 5.41. The van der Waals surface area contributed by atoms with Crippen LogP contribution in [0.2, 0.25) is 5.02 Å². The molecule has 2 unspecified atom stereocenters. The maximum Gasteiger partial charge on any atom is 0.410 e. The number of ether oxygens (including phenoxy) is 1. The number of fused-ring (bicyclic) bond motifs is 2. The van der Waals surface area contributed by atoms with Crippen molar-refractivity contribution in [2.75, 3.05) is 0 Å². The van der Waals surface area contributed by atoms with Crippen LogP contribution in [0.25, 0.3) is 0 Å². The third-order valence-electron chi connectivity index (χ3n) is 5.17. The average Bonchev–Trinajstić information content (AvgIpc) is 2.77. The van der Waals surface area contributed by atoms with Crippen molar-refractivity contribution in [3.63, 3.8) is 0 Å². The van der Waals surface area contributed by atoms with Crippen molar-refractivity contribution < 1.29 is 9.53 Å². The number of halogens is 1. The molecule has 0 spiro atoms. The highest BCUT2D eigenvalue weighted by atomic mass is 35.5. The van der Waals surface area contributed by atoms with Gasteiger partial charge in [0.2, 0.25) is 0 Å². The summed E-state index contributed by atoms with van der Waals surface area (Å²) in [4.78, 5) is 14.5. The summed E-state index contributed by atoms with van der Waals surface area (Å²) in [5.41, 5.74) is 0.765. The normalized spacial score (nSPS) is 27.2. The van der Waals surface area contributed by atoms with E-state index in [-0.39, 0.29) is 24.2 Å². The standard InChI is InChI=1S/C20H29ClN2O2/c1-13(14-6-5-7-15(21)10-14)22-16-11-17-8-9-18(12-16)23(17)19(24)25-20(2,3)4/h5-7,10,13,16-18,22H,8-9,11-12H2,1-4H3/t13-,16?,17?,18?/m1/s1. The number of benzene rings is 1. The van der Waals surface area contributed by atoms with Crippen LogP contribution in [-0.4, -0.2) is 34.7 Å². The molecule has 0 aliphatic carbocycles. The van der Waals surface area contributed by atoms with Crippen molar-refractivity contribution >= 4 is 17.7 Å². The van der Waals surface area contributed by atoms with Gasteiger partial charge in [0.15, 0.2) is 0 Å². The topological polar surface area (TPSA) is 41.6 Å². The van der Waals surface area contributed by atoms with E-state index in [4.69, 9.17) is 16.3 Å². The van der Waals surface area contributed by atoms with Crippen LogP contribution in [0.1, 0.15) is 65.0 Å². The third kappa shape index (κ3) is 4.48. The molecular weight excluding hydrogens is 336 g/mol. The molecule has 2 fully saturated rings. The van der Waals surface area contributed by atoms with Crippen LogP contribution >= 0.6 is 11.6 Å². The fraction of sp³-hybridized carbons (Fsp3) is 0.650. The van der Waals surface area contributed by atoms with Crippen molar-refractivity contribution in [2.24, 2.45) is 0 Å². The van der Waals surface area contributed by atoms with Gasteiger partial charge in [0.25, 0.3) is 0 Å². The summed E-state index contributed by atoms with van der Waals surface area (Å²) in [5.74, 6) is 0. The maximum absolute atomic E-state index is 12.5. The lowest BCUT2D eigenvalue weighted by molar-refractivity contribution is 0.00435. The molecule has 4 nitrogen and oxygen atoms in total. The first-order valence-electron chi connectivity index (χ1n) is 9.26. The van der Waals surface area contributed by atoms with Crippen LogP contribution in [0.3, 0.4) is 0 Å². The van der Waals surface area contributed by atoms with Crippen LogP contribution in [0.4, 0.5) is 4.79 Å². The first-order valence-corrected chi connectivity index (χ1v) is 9.63. The average molecular weight is 365 g/mol. The fourth-order valence-corrected chi connectivity index (χ4v) is 4.35. The van der Waals surface area contributed by atoms with Crippen molar-refractivity contribution in [1.82, 2.24) is 10.2 Å². The molecule has 2 saturated heterocycles. The van der Waals surface area contributed by atoms with Gasteiger partial charge in [-0.05, 0) is 71.1 Å². The highest BCUT2D eigenvalue weighted by molar-refractivity contribution is 6.30. The van der Waals surface area contributed by atoms with Gasteiger partial charge in [0.1, 0.15) is 5.60 Å². The predicted octanol–water partition coefficient (Wildman–Crippen LogP) is 4.92. The van der Waals surface area contributed by atoms with Crippen molar-refractivity contribution in [1.29, 1.82) is 0 Å². The predicted molar refractivity (Wildman–Crippen MR) is 101 cm³/mol. The molecule has 1 aromatic carbocycles. The number of carbonyl (C=O) groups excluding carboxylic acids is 1. The molecule has 1 amide bonds. The Hall–Kier alpha value is -1.26. The molecule has 138 valence electrons. The summed E-state index contributed by atoms with van der Waals surface area (Å²) in [6, 6.07) is 9.26. The highest BCUT2D eigenvalue weighted by Gasteiger charge is 2.44. The Balaban J connectivity index is 1.61. The number of nitrogens with zero attached hydrogens (tertiary/aromatic N) is 1. The molecule has 2 aliphatic rings. The zero-order valence-corrected chi connectivity index (χ0v) is 16.3. The zero-order chi connectivity index (χ0) is 18.2. The summed E-state index contributed by atoms with van der Waals surface area (Å²) in [5, 5.41) is 4.50. The number of nitrogens with one attached hydrogen (secondary N) is 1. The fourth-order valence-electron chi connectivity index (χ4n) is 4.15. The van der Waals surface area contributed by atoms with E-state index in [0.29, 0.717) is 6.04 Å². The van der Waals surface area contributed by atoms with Gasteiger partial charge in [-0.15, -0.1) is 0 Å². The van der Waals surface area contributed by atoms with Gasteiger partial charge in [-0.3, -0.25) is 0 Å². The Morgan fingerprint density at radius 3 is 2.48 bits per heavy atom. The van der Waals surface area contributed by atoms with E-state index in [9.17, 15) is 4.79 Å². The molecule has 3 atom stereocenters. The summed E-state index contributed by atoms with van der Waals surface area (Å²) in [6.45, 7) is 7.95. The molecule has 0 aromatic heterocycles. The Kier molecular flexibility index (Phi) is 5.31. The molecule has 5 heteroatoms. The van der Waals surface area contributed by atoms with Crippen LogP contribution in [0, 0.1) is 0 Å². The summed E-state index contributed by atoms with van der Waals surface area (Å²) in [7, 11) is 0. The Morgan fingerprint density at radius 1 is 1.28 bits per heavy atom. The second-order valence-corrected chi connectivity index (χ2v) is 8.82. The Bertz CT molecular complexity index is 614. The van der Waals surface area contributed by atoms with E-state index >= 15 is 0 Å². The van der Waals surface area contributed by atoms with Gasteiger partial charge in [-0.2, -0.15) is 0 Å². The van der Waals surface area contributed by atoms with E-state index in [1.165, 1.54) is 5.56 Å². The molecule has 3 rings (SSSR count). The monoisotopic (exact) mass is 364 g/mol. The van der Waals surface area contributed by atoms with Crippen LogP contribution in [0.15, 0.2) is 24.3 Å². The minimum Gasteiger partial charge on any atom is -0.444 e. The molecule has 0 radical (unpaired) electrons. The molecule has 0 saturated carbocycles. The Morgan fingerprint density at radius 2 is 1.92 bits per heavy atom. The molecule has 1 N–H and O–H groups in total. The second-order valence-electron chi connectivity index (χ2n) is 8.38. The van der Waals surface area contributed by atoms with Gasteiger partial charge >= 0.3 is 6.09 Å². The van der Waals surface area contributed by atoms with Gasteiger partial charge in [0.05, 0.1) is 0 Å². The molecule has 2 aliphatic heterocycles. The minimum absolute atomic E-state index is 0.152. The van der Waals surface area contributed by atoms with Crippen molar-refractivity contribution in [2.45, 2.75) is 83.1 Å². The number of rotatable bonds is 3. The molecule has 1 aromatic rings. The van der Waals surface area contributed by atoms with Gasteiger partial charge in [0, 0.05) is 29.2 Å². The largest absolute Gasteiger partial charge is 0.444 e. The van der Waals surface area contributed by atoms with E-state index < -0.39 is 5.60 Å². The molecule has 2 heterocycles. The lowest BCUT2D eigenvalue weighted by Crippen LogP contribution is -2.52. The lowest BCUT2D eigenvalue weighted by Gasteiger charge is -2.40. The summed E-state index contributed by atoms with van der Waals surface area (Å²) < 4.78 is 5.61. The van der Waals surface area contributed by atoms with Gasteiger partial charge < -0.3 is 15.0 Å². The smallest absolute Gasteiger partial charge is 0.410 e. The number of hydrogen-bond acceptors (Lipinski definition) is 3. The van der Waals surface area contributed by atoms with Crippen molar-refractivity contribution in [3.05, 3.63) is 34.9 Å². The van der Waals surface area contributed by atoms with E-state index in [1.54, 1.807) is 0 Å².